The Hall–Kier alpha value is -1.09. The maximum absolute atomic E-state index is 6.86. The summed E-state index contributed by atoms with van der Waals surface area (Å²) < 4.78 is 9.04. The van der Waals surface area contributed by atoms with E-state index < -0.39 is 0 Å². The van der Waals surface area contributed by atoms with Crippen molar-refractivity contribution in [2.45, 2.75) is 77.0 Å². The van der Waals surface area contributed by atoms with Crippen LogP contribution in [0.4, 0.5) is 0 Å². The number of aryl methyl sites for hydroxylation is 1. The molecule has 2 heterocycles. The van der Waals surface area contributed by atoms with Crippen molar-refractivity contribution >= 4 is 0 Å². The van der Waals surface area contributed by atoms with Gasteiger partial charge < -0.3 is 9.30 Å². The summed E-state index contributed by atoms with van der Waals surface area (Å²) in [6.45, 7) is 8.10. The Morgan fingerprint density at radius 1 is 1.32 bits per heavy atom. The molecule has 2 bridgehead atoms. The Bertz CT molecular complexity index is 589. The summed E-state index contributed by atoms with van der Waals surface area (Å²) in [5.41, 5.74) is 1.92. The van der Waals surface area contributed by atoms with Crippen molar-refractivity contribution in [2.24, 2.45) is 11.3 Å². The van der Waals surface area contributed by atoms with E-state index in [9.17, 15) is 0 Å². The molecule has 1 saturated heterocycles. The minimum atomic E-state index is -0.00174. The third-order valence-electron chi connectivity index (χ3n) is 6.78. The van der Waals surface area contributed by atoms with Crippen LogP contribution in [0.3, 0.4) is 0 Å². The van der Waals surface area contributed by atoms with Crippen LogP contribution in [0.5, 0.6) is 0 Å². The van der Waals surface area contributed by atoms with Gasteiger partial charge in [0.15, 0.2) is 0 Å². The van der Waals surface area contributed by atoms with E-state index in [0.29, 0.717) is 5.41 Å². The number of aromatic nitrogens is 2. The van der Waals surface area contributed by atoms with Gasteiger partial charge >= 0.3 is 0 Å². The van der Waals surface area contributed by atoms with Crippen LogP contribution >= 0.6 is 0 Å². The number of imidazole rings is 1. The molecule has 2 fully saturated rings. The molecule has 1 aromatic heterocycles. The van der Waals surface area contributed by atoms with E-state index in [-0.39, 0.29) is 11.2 Å². The highest BCUT2D eigenvalue weighted by Crippen LogP contribution is 2.64. The fourth-order valence-corrected chi connectivity index (χ4v) is 5.29. The van der Waals surface area contributed by atoms with Crippen LogP contribution in [0.15, 0.2) is 30.4 Å². The van der Waals surface area contributed by atoms with E-state index in [1.54, 1.807) is 5.57 Å². The molecular weight excluding hydrogens is 272 g/mol. The SMILES string of the molecule is CC1(C)O[C@]23C[C@H]1CC[C@]2(C)CCC=C3CCn1ccnc1. The number of ether oxygens (including phenoxy) is 1. The van der Waals surface area contributed by atoms with Crippen LogP contribution in [-0.2, 0) is 11.3 Å². The van der Waals surface area contributed by atoms with Crippen molar-refractivity contribution in [1.29, 1.82) is 0 Å². The summed E-state index contributed by atoms with van der Waals surface area (Å²) in [5.74, 6) is 0.718. The molecule has 22 heavy (non-hydrogen) atoms. The minimum Gasteiger partial charge on any atom is -0.364 e. The van der Waals surface area contributed by atoms with E-state index in [1.165, 1.54) is 32.1 Å². The van der Waals surface area contributed by atoms with E-state index in [0.717, 1.165) is 18.9 Å². The first-order valence-corrected chi connectivity index (χ1v) is 8.81. The second-order valence-electron chi connectivity index (χ2n) is 8.35. The van der Waals surface area contributed by atoms with Crippen molar-refractivity contribution < 1.29 is 4.74 Å². The van der Waals surface area contributed by atoms with Crippen LogP contribution < -0.4 is 0 Å². The Kier molecular flexibility index (Phi) is 3.10. The Balaban J connectivity index is 1.65. The first-order valence-electron chi connectivity index (χ1n) is 8.81. The lowest BCUT2D eigenvalue weighted by Gasteiger charge is -2.52. The van der Waals surface area contributed by atoms with Crippen molar-refractivity contribution in [2.75, 3.05) is 0 Å². The molecule has 2 aliphatic carbocycles. The summed E-state index contributed by atoms with van der Waals surface area (Å²) >= 11 is 0. The van der Waals surface area contributed by atoms with Gasteiger partial charge in [0, 0.05) is 24.4 Å². The molecule has 3 nitrogen and oxygen atoms in total. The second kappa shape index (κ2) is 4.70. The van der Waals surface area contributed by atoms with E-state index in [4.69, 9.17) is 4.74 Å². The highest BCUT2D eigenvalue weighted by Gasteiger charge is 2.64. The monoisotopic (exact) mass is 300 g/mol. The van der Waals surface area contributed by atoms with Crippen LogP contribution in [0, 0.1) is 11.3 Å². The van der Waals surface area contributed by atoms with Crippen LogP contribution in [0.25, 0.3) is 0 Å². The van der Waals surface area contributed by atoms with Crippen molar-refractivity contribution in [3.05, 3.63) is 30.4 Å². The van der Waals surface area contributed by atoms with Crippen molar-refractivity contribution in [3.63, 3.8) is 0 Å². The molecule has 0 N–H and O–H groups in total. The number of rotatable bonds is 3. The zero-order valence-corrected chi connectivity index (χ0v) is 14.1. The summed E-state index contributed by atoms with van der Waals surface area (Å²) in [6.07, 6.45) is 15.8. The lowest BCUT2D eigenvalue weighted by atomic mass is 9.55. The molecule has 3 heteroatoms. The van der Waals surface area contributed by atoms with Gasteiger partial charge in [-0.25, -0.2) is 4.98 Å². The predicted octanol–water partition coefficient (Wildman–Crippen LogP) is 4.35. The Morgan fingerprint density at radius 3 is 2.95 bits per heavy atom. The molecule has 0 amide bonds. The standard InChI is InChI=1S/C19H28N2O/c1-17(2)16-6-9-18(3)8-4-5-15(19(18,13-16)22-17)7-11-21-12-10-20-14-21/h5,10,12,14,16H,4,6-9,11,13H2,1-3H3/t16-,18+,19+/m1/s1. The number of hydrogen-bond donors (Lipinski definition) is 0. The largest absolute Gasteiger partial charge is 0.364 e. The molecule has 0 radical (unpaired) electrons. The molecule has 3 atom stereocenters. The van der Waals surface area contributed by atoms with E-state index in [2.05, 4.69) is 42.6 Å². The van der Waals surface area contributed by atoms with Gasteiger partial charge in [-0.15, -0.1) is 0 Å². The number of hydrogen-bond acceptors (Lipinski definition) is 2. The molecule has 120 valence electrons. The third kappa shape index (κ3) is 1.94. The van der Waals surface area contributed by atoms with Crippen LogP contribution in [0.1, 0.15) is 59.3 Å². The molecule has 3 aliphatic rings. The second-order valence-corrected chi connectivity index (χ2v) is 8.35. The molecule has 0 unspecified atom stereocenters. The van der Waals surface area contributed by atoms with Gasteiger partial charge in [-0.1, -0.05) is 13.0 Å². The van der Waals surface area contributed by atoms with Gasteiger partial charge in [-0.3, -0.25) is 0 Å². The fourth-order valence-electron chi connectivity index (χ4n) is 5.29. The zero-order chi connectivity index (χ0) is 15.4. The Labute approximate surface area is 133 Å². The first-order chi connectivity index (χ1) is 10.5. The van der Waals surface area contributed by atoms with Gasteiger partial charge in [0.2, 0.25) is 0 Å². The van der Waals surface area contributed by atoms with Crippen molar-refractivity contribution in [3.8, 4) is 0 Å². The van der Waals surface area contributed by atoms with Crippen LogP contribution in [-0.4, -0.2) is 20.8 Å². The summed E-state index contributed by atoms with van der Waals surface area (Å²) in [4.78, 5) is 4.16. The van der Waals surface area contributed by atoms with Gasteiger partial charge in [-0.2, -0.15) is 0 Å². The molecule has 4 rings (SSSR count). The highest BCUT2D eigenvalue weighted by atomic mass is 16.5. The quantitative estimate of drug-likeness (QED) is 0.776. The molecule has 1 aliphatic heterocycles. The van der Waals surface area contributed by atoms with Crippen LogP contribution in [0.2, 0.25) is 0 Å². The summed E-state index contributed by atoms with van der Waals surface area (Å²) in [5, 5.41) is 0. The maximum Gasteiger partial charge on any atom is 0.0956 e. The lowest BCUT2D eigenvalue weighted by molar-refractivity contribution is -0.132. The average molecular weight is 300 g/mol. The summed E-state index contributed by atoms with van der Waals surface area (Å²) in [6, 6.07) is 0. The summed E-state index contributed by atoms with van der Waals surface area (Å²) in [7, 11) is 0. The predicted molar refractivity (Wildman–Crippen MR) is 87.5 cm³/mol. The fraction of sp³-hybridized carbons (Fsp3) is 0.737. The number of nitrogens with zero attached hydrogens (tertiary/aromatic N) is 2. The number of fused-ring (bicyclic) bond motifs is 1. The number of allylic oxidation sites excluding steroid dienone is 1. The smallest absolute Gasteiger partial charge is 0.0956 e. The third-order valence-corrected chi connectivity index (χ3v) is 6.78. The van der Waals surface area contributed by atoms with Gasteiger partial charge in [0.05, 0.1) is 17.5 Å². The minimum absolute atomic E-state index is 0.00174. The zero-order valence-electron chi connectivity index (χ0n) is 14.1. The normalized spacial score (nSPS) is 39.4. The molecule has 1 aromatic rings. The molecule has 1 saturated carbocycles. The van der Waals surface area contributed by atoms with Crippen molar-refractivity contribution in [1.82, 2.24) is 9.55 Å². The Morgan fingerprint density at radius 2 is 2.18 bits per heavy atom. The van der Waals surface area contributed by atoms with Gasteiger partial charge in [0.25, 0.3) is 0 Å². The van der Waals surface area contributed by atoms with E-state index in [1.807, 2.05) is 12.5 Å². The average Bonchev–Trinajstić information content (AvgIpc) is 3.04. The van der Waals surface area contributed by atoms with E-state index >= 15 is 0 Å². The molecule has 0 aromatic carbocycles. The molecular formula is C19H28N2O. The maximum atomic E-state index is 6.86. The first kappa shape index (κ1) is 14.5. The van der Waals surface area contributed by atoms with Gasteiger partial charge in [0.1, 0.15) is 0 Å². The topological polar surface area (TPSA) is 27.1 Å². The van der Waals surface area contributed by atoms with Gasteiger partial charge in [-0.05, 0) is 63.9 Å². The molecule has 1 spiro atoms. The lowest BCUT2D eigenvalue weighted by Crippen LogP contribution is -2.51. The highest BCUT2D eigenvalue weighted by molar-refractivity contribution is 5.31.